The van der Waals surface area contributed by atoms with Crippen molar-refractivity contribution in [2.75, 3.05) is 0 Å². The Balaban J connectivity index is 2.19. The largest absolute Gasteiger partial charge is 0.327 e. The van der Waals surface area contributed by atoms with Gasteiger partial charge >= 0.3 is 0 Å². The summed E-state index contributed by atoms with van der Waals surface area (Å²) in [5.74, 6) is 0.968. The fourth-order valence-electron chi connectivity index (χ4n) is 2.61. The van der Waals surface area contributed by atoms with Gasteiger partial charge in [-0.3, -0.25) is 9.38 Å². The molecular formula is C11H15N5. The summed E-state index contributed by atoms with van der Waals surface area (Å²) in [6.07, 6.45) is 8.69. The SMILES string of the molecule is CC1(c2nnc3cnccn23)CCCC1N. The Kier molecular flexibility index (Phi) is 1.97. The second-order valence-electron chi connectivity index (χ2n) is 4.74. The fourth-order valence-corrected chi connectivity index (χ4v) is 2.61. The Morgan fingerprint density at radius 2 is 2.38 bits per heavy atom. The van der Waals surface area contributed by atoms with Crippen molar-refractivity contribution in [3.63, 3.8) is 0 Å². The number of rotatable bonds is 1. The molecule has 0 bridgehead atoms. The van der Waals surface area contributed by atoms with E-state index in [-0.39, 0.29) is 11.5 Å². The van der Waals surface area contributed by atoms with E-state index in [2.05, 4.69) is 22.1 Å². The Morgan fingerprint density at radius 3 is 3.12 bits per heavy atom. The topological polar surface area (TPSA) is 69.1 Å². The molecule has 5 nitrogen and oxygen atoms in total. The van der Waals surface area contributed by atoms with Gasteiger partial charge in [-0.1, -0.05) is 13.3 Å². The van der Waals surface area contributed by atoms with Crippen molar-refractivity contribution >= 4 is 5.65 Å². The highest BCUT2D eigenvalue weighted by atomic mass is 15.3. The van der Waals surface area contributed by atoms with Crippen LogP contribution in [0.3, 0.4) is 0 Å². The van der Waals surface area contributed by atoms with Gasteiger partial charge in [0.2, 0.25) is 0 Å². The first-order valence-electron chi connectivity index (χ1n) is 5.62. The summed E-state index contributed by atoms with van der Waals surface area (Å²) in [7, 11) is 0. The van der Waals surface area contributed by atoms with Crippen LogP contribution in [0.1, 0.15) is 32.0 Å². The molecule has 1 saturated carbocycles. The predicted molar refractivity (Wildman–Crippen MR) is 60.0 cm³/mol. The van der Waals surface area contributed by atoms with Crippen molar-refractivity contribution in [2.24, 2.45) is 5.73 Å². The summed E-state index contributed by atoms with van der Waals surface area (Å²) in [6.45, 7) is 2.18. The van der Waals surface area contributed by atoms with Crippen LogP contribution in [0.15, 0.2) is 18.6 Å². The summed E-state index contributed by atoms with van der Waals surface area (Å²) in [5.41, 5.74) is 6.93. The molecule has 0 saturated heterocycles. The lowest BCUT2D eigenvalue weighted by molar-refractivity contribution is 0.400. The van der Waals surface area contributed by atoms with Gasteiger partial charge in [0.05, 0.1) is 6.20 Å². The molecule has 1 aliphatic rings. The number of hydrogen-bond donors (Lipinski definition) is 1. The lowest BCUT2D eigenvalue weighted by Crippen LogP contribution is -2.39. The van der Waals surface area contributed by atoms with Crippen molar-refractivity contribution in [3.8, 4) is 0 Å². The smallest absolute Gasteiger partial charge is 0.179 e. The second kappa shape index (κ2) is 3.25. The number of aromatic nitrogens is 4. The highest BCUT2D eigenvalue weighted by molar-refractivity contribution is 5.36. The molecule has 2 aromatic heterocycles. The van der Waals surface area contributed by atoms with Gasteiger partial charge in [-0.15, -0.1) is 10.2 Å². The summed E-state index contributed by atoms with van der Waals surface area (Å²) in [4.78, 5) is 4.04. The van der Waals surface area contributed by atoms with Crippen LogP contribution in [-0.2, 0) is 5.41 Å². The van der Waals surface area contributed by atoms with Crippen LogP contribution in [0.2, 0.25) is 0 Å². The molecule has 16 heavy (non-hydrogen) atoms. The van der Waals surface area contributed by atoms with Gasteiger partial charge in [-0.05, 0) is 12.8 Å². The predicted octanol–water partition coefficient (Wildman–Crippen LogP) is 0.893. The number of nitrogens with two attached hydrogens (primary N) is 1. The van der Waals surface area contributed by atoms with E-state index in [1.54, 1.807) is 12.4 Å². The first-order chi connectivity index (χ1) is 7.72. The van der Waals surface area contributed by atoms with Crippen LogP contribution in [0.4, 0.5) is 0 Å². The lowest BCUT2D eigenvalue weighted by atomic mass is 9.84. The van der Waals surface area contributed by atoms with E-state index in [1.807, 2.05) is 10.6 Å². The molecule has 5 heteroatoms. The van der Waals surface area contributed by atoms with Crippen LogP contribution in [0.5, 0.6) is 0 Å². The van der Waals surface area contributed by atoms with E-state index in [4.69, 9.17) is 5.73 Å². The van der Waals surface area contributed by atoms with Crippen LogP contribution >= 0.6 is 0 Å². The third-order valence-corrected chi connectivity index (χ3v) is 3.75. The lowest BCUT2D eigenvalue weighted by Gasteiger charge is -2.26. The van der Waals surface area contributed by atoms with Crippen LogP contribution in [-0.4, -0.2) is 25.6 Å². The monoisotopic (exact) mass is 217 g/mol. The zero-order valence-corrected chi connectivity index (χ0v) is 9.30. The van der Waals surface area contributed by atoms with E-state index >= 15 is 0 Å². The van der Waals surface area contributed by atoms with Crippen molar-refractivity contribution in [3.05, 3.63) is 24.4 Å². The first-order valence-corrected chi connectivity index (χ1v) is 5.62. The van der Waals surface area contributed by atoms with Gasteiger partial charge in [-0.2, -0.15) is 0 Å². The molecule has 2 aromatic rings. The molecule has 0 aliphatic heterocycles. The summed E-state index contributed by atoms with van der Waals surface area (Å²) in [6, 6.07) is 0.174. The molecular weight excluding hydrogens is 202 g/mol. The van der Waals surface area contributed by atoms with Crippen molar-refractivity contribution in [1.29, 1.82) is 0 Å². The average Bonchev–Trinajstić information content (AvgIpc) is 2.85. The van der Waals surface area contributed by atoms with Gasteiger partial charge in [0, 0.05) is 23.9 Å². The molecule has 2 unspecified atom stereocenters. The number of fused-ring (bicyclic) bond motifs is 1. The minimum Gasteiger partial charge on any atom is -0.327 e. The molecule has 84 valence electrons. The van der Waals surface area contributed by atoms with Gasteiger partial charge < -0.3 is 5.73 Å². The Hall–Kier alpha value is -1.49. The number of nitrogens with zero attached hydrogens (tertiary/aromatic N) is 4. The Labute approximate surface area is 93.7 Å². The third kappa shape index (κ3) is 1.18. The standard InChI is InChI=1S/C11H15N5/c1-11(4-2-3-8(11)12)10-15-14-9-7-13-5-6-16(9)10/h5-8H,2-4,12H2,1H3. The van der Waals surface area contributed by atoms with Crippen LogP contribution in [0.25, 0.3) is 5.65 Å². The molecule has 0 spiro atoms. The van der Waals surface area contributed by atoms with Gasteiger partial charge in [0.15, 0.2) is 5.65 Å². The quantitative estimate of drug-likeness (QED) is 0.770. The van der Waals surface area contributed by atoms with Gasteiger partial charge in [-0.25, -0.2) is 0 Å². The second-order valence-corrected chi connectivity index (χ2v) is 4.74. The van der Waals surface area contributed by atoms with Gasteiger partial charge in [0.25, 0.3) is 0 Å². The summed E-state index contributed by atoms with van der Waals surface area (Å²) in [5, 5.41) is 8.43. The Bertz CT molecular complexity index is 520. The zero-order valence-electron chi connectivity index (χ0n) is 9.30. The minimum atomic E-state index is -0.0548. The molecule has 0 amide bonds. The summed E-state index contributed by atoms with van der Waals surface area (Å²) < 4.78 is 2.00. The van der Waals surface area contributed by atoms with Crippen molar-refractivity contribution < 1.29 is 0 Å². The highest BCUT2D eigenvalue weighted by Gasteiger charge is 2.41. The molecule has 2 atom stereocenters. The fraction of sp³-hybridized carbons (Fsp3) is 0.545. The average molecular weight is 217 g/mol. The third-order valence-electron chi connectivity index (χ3n) is 3.75. The maximum Gasteiger partial charge on any atom is 0.179 e. The molecule has 1 fully saturated rings. The van der Waals surface area contributed by atoms with E-state index in [0.717, 1.165) is 30.7 Å². The maximum atomic E-state index is 6.20. The van der Waals surface area contributed by atoms with Crippen molar-refractivity contribution in [1.82, 2.24) is 19.6 Å². The summed E-state index contributed by atoms with van der Waals surface area (Å²) >= 11 is 0. The number of hydrogen-bond acceptors (Lipinski definition) is 4. The normalized spacial score (nSPS) is 30.0. The van der Waals surface area contributed by atoms with Gasteiger partial charge in [0.1, 0.15) is 5.82 Å². The molecule has 2 heterocycles. The van der Waals surface area contributed by atoms with Crippen LogP contribution < -0.4 is 5.73 Å². The molecule has 1 aliphatic carbocycles. The van der Waals surface area contributed by atoms with Crippen molar-refractivity contribution in [2.45, 2.75) is 37.6 Å². The highest BCUT2D eigenvalue weighted by Crippen LogP contribution is 2.38. The van der Waals surface area contributed by atoms with E-state index in [9.17, 15) is 0 Å². The van der Waals surface area contributed by atoms with E-state index in [1.165, 1.54) is 0 Å². The minimum absolute atomic E-state index is 0.0548. The maximum absolute atomic E-state index is 6.20. The van der Waals surface area contributed by atoms with Crippen LogP contribution in [0, 0.1) is 0 Å². The molecule has 2 N–H and O–H groups in total. The molecule has 3 rings (SSSR count). The first kappa shape index (κ1) is 9.72. The van der Waals surface area contributed by atoms with E-state index < -0.39 is 0 Å². The Morgan fingerprint density at radius 1 is 1.50 bits per heavy atom. The molecule has 0 aromatic carbocycles. The zero-order chi connectivity index (χ0) is 11.2. The van der Waals surface area contributed by atoms with E-state index in [0.29, 0.717) is 0 Å². The molecule has 0 radical (unpaired) electrons.